The largest absolute Gasteiger partial charge is 0.275 e. The topological polar surface area (TPSA) is 32.7 Å². The van der Waals surface area contributed by atoms with Crippen LogP contribution in [0.4, 0.5) is 0 Å². The van der Waals surface area contributed by atoms with Gasteiger partial charge in [-0.2, -0.15) is 0 Å². The van der Waals surface area contributed by atoms with Crippen LogP contribution < -0.4 is 0 Å². The average molecular weight is 182 g/mol. The molecule has 0 amide bonds. The number of hydrogen-bond acceptors (Lipinski definition) is 3. The van der Waals surface area contributed by atoms with Gasteiger partial charge in [0.2, 0.25) is 0 Å². The van der Waals surface area contributed by atoms with Gasteiger partial charge >= 0.3 is 0 Å². The summed E-state index contributed by atoms with van der Waals surface area (Å²) in [6.45, 7) is 8.48. The third-order valence-electron chi connectivity index (χ3n) is 2.86. The summed E-state index contributed by atoms with van der Waals surface area (Å²) in [5.74, 6) is 0. The van der Waals surface area contributed by atoms with Crippen molar-refractivity contribution in [3.63, 3.8) is 0 Å². The Labute approximate surface area is 79.8 Å². The first-order valence-corrected chi connectivity index (χ1v) is 4.78. The van der Waals surface area contributed by atoms with Crippen molar-refractivity contribution in [1.29, 1.82) is 0 Å². The van der Waals surface area contributed by atoms with Gasteiger partial charge < -0.3 is 0 Å². The summed E-state index contributed by atoms with van der Waals surface area (Å²) in [6.07, 6.45) is 5.02. The molecule has 0 N–H and O–H groups in total. The Morgan fingerprint density at radius 2 is 1.62 bits per heavy atom. The zero-order chi connectivity index (χ0) is 10.1. The number of hydrogen-bond donors (Lipinski definition) is 0. The molecule has 0 aliphatic carbocycles. The zero-order valence-corrected chi connectivity index (χ0v) is 8.92. The first-order chi connectivity index (χ1) is 5.90. The fraction of sp³-hybridized carbons (Fsp3) is 0.900. The molecular weight excluding hydrogens is 164 g/mol. The van der Waals surface area contributed by atoms with Gasteiger partial charge in [0.15, 0.2) is 0 Å². The Balaban J connectivity index is 2.97. The van der Waals surface area contributed by atoms with Crippen LogP contribution in [-0.4, -0.2) is 22.2 Å². The Hall–Kier alpha value is -0.820. The van der Waals surface area contributed by atoms with E-state index in [2.05, 4.69) is 32.8 Å². The minimum Gasteiger partial charge on any atom is -0.275 e. The van der Waals surface area contributed by atoms with E-state index in [1.807, 2.05) is 5.01 Å². The Morgan fingerprint density at radius 1 is 1.15 bits per heavy atom. The second-order valence-electron chi connectivity index (χ2n) is 4.98. The normalized spacial score (nSPS) is 25.1. The summed E-state index contributed by atoms with van der Waals surface area (Å²) < 4.78 is 0. The number of nitrogens with zero attached hydrogens (tertiary/aromatic N) is 2. The predicted octanol–water partition coefficient (Wildman–Crippen LogP) is 2.28. The summed E-state index contributed by atoms with van der Waals surface area (Å²) in [5, 5.41) is 5.72. The molecule has 1 heterocycles. The molecule has 0 aromatic rings. The van der Waals surface area contributed by atoms with Crippen LogP contribution in [0.15, 0.2) is 5.10 Å². The predicted molar refractivity (Wildman–Crippen MR) is 52.0 cm³/mol. The van der Waals surface area contributed by atoms with E-state index in [1.165, 1.54) is 6.42 Å². The highest BCUT2D eigenvalue weighted by Crippen LogP contribution is 2.37. The van der Waals surface area contributed by atoms with Crippen molar-refractivity contribution in [1.82, 2.24) is 5.01 Å². The van der Waals surface area contributed by atoms with Crippen LogP contribution in [-0.2, 0) is 4.79 Å². The van der Waals surface area contributed by atoms with Gasteiger partial charge in [0.25, 0.3) is 6.08 Å². The molecule has 0 unspecified atom stereocenters. The Morgan fingerprint density at radius 3 is 2.00 bits per heavy atom. The van der Waals surface area contributed by atoms with Gasteiger partial charge in [-0.1, -0.05) is 5.10 Å². The summed E-state index contributed by atoms with van der Waals surface area (Å²) in [6, 6.07) is 0. The Kier molecular flexibility index (Phi) is 2.49. The number of piperidine rings is 1. The SMILES string of the molecule is CC1(C)CCCC(C)(C)N1N=C=O. The van der Waals surface area contributed by atoms with E-state index in [1.54, 1.807) is 6.08 Å². The van der Waals surface area contributed by atoms with Gasteiger partial charge in [-0.25, -0.2) is 4.79 Å². The number of hydrazone groups is 1. The monoisotopic (exact) mass is 182 g/mol. The van der Waals surface area contributed by atoms with Crippen LogP contribution in [0, 0.1) is 0 Å². The maximum Gasteiger partial charge on any atom is 0.258 e. The van der Waals surface area contributed by atoms with Gasteiger partial charge in [0.05, 0.1) is 11.1 Å². The highest BCUT2D eigenvalue weighted by molar-refractivity contribution is 5.32. The van der Waals surface area contributed by atoms with E-state index in [4.69, 9.17) is 0 Å². The Bertz CT molecular complexity index is 223. The first-order valence-electron chi connectivity index (χ1n) is 4.78. The van der Waals surface area contributed by atoms with Gasteiger partial charge in [-0.05, 0) is 47.0 Å². The molecule has 1 aliphatic rings. The molecule has 13 heavy (non-hydrogen) atoms. The third kappa shape index (κ3) is 1.92. The molecule has 3 nitrogen and oxygen atoms in total. The van der Waals surface area contributed by atoms with Crippen molar-refractivity contribution in [3.8, 4) is 0 Å². The highest BCUT2D eigenvalue weighted by Gasteiger charge is 2.40. The van der Waals surface area contributed by atoms with Gasteiger partial charge in [0.1, 0.15) is 0 Å². The molecule has 0 bridgehead atoms. The van der Waals surface area contributed by atoms with Crippen LogP contribution in [0.2, 0.25) is 0 Å². The molecule has 1 fully saturated rings. The smallest absolute Gasteiger partial charge is 0.258 e. The van der Waals surface area contributed by atoms with Crippen LogP contribution >= 0.6 is 0 Å². The van der Waals surface area contributed by atoms with Crippen molar-refractivity contribution in [2.24, 2.45) is 5.10 Å². The lowest BCUT2D eigenvalue weighted by molar-refractivity contribution is -0.0246. The molecule has 1 saturated heterocycles. The molecule has 0 aromatic carbocycles. The molecule has 0 spiro atoms. The van der Waals surface area contributed by atoms with Gasteiger partial charge in [-0.3, -0.25) is 5.01 Å². The van der Waals surface area contributed by atoms with Crippen molar-refractivity contribution in [2.75, 3.05) is 0 Å². The molecule has 1 rings (SSSR count). The van der Waals surface area contributed by atoms with E-state index < -0.39 is 0 Å². The third-order valence-corrected chi connectivity index (χ3v) is 2.86. The standard InChI is InChI=1S/C10H18N2O/c1-9(2)6-5-7-10(3,4)12(9)11-8-13/h5-7H2,1-4H3. The van der Waals surface area contributed by atoms with E-state index in [-0.39, 0.29) is 11.1 Å². The van der Waals surface area contributed by atoms with E-state index in [9.17, 15) is 4.79 Å². The quantitative estimate of drug-likeness (QED) is 0.460. The molecule has 0 saturated carbocycles. The van der Waals surface area contributed by atoms with E-state index >= 15 is 0 Å². The van der Waals surface area contributed by atoms with E-state index in [0.717, 1.165) is 12.8 Å². The number of carbonyl (C=O) groups excluding carboxylic acids is 1. The summed E-state index contributed by atoms with van der Waals surface area (Å²) in [7, 11) is 0. The molecule has 74 valence electrons. The molecule has 1 aliphatic heterocycles. The molecule has 0 radical (unpaired) electrons. The highest BCUT2D eigenvalue weighted by atomic mass is 16.1. The lowest BCUT2D eigenvalue weighted by Gasteiger charge is -2.49. The lowest BCUT2D eigenvalue weighted by Crippen LogP contribution is -2.55. The van der Waals surface area contributed by atoms with Crippen LogP contribution in [0.5, 0.6) is 0 Å². The van der Waals surface area contributed by atoms with E-state index in [0.29, 0.717) is 0 Å². The fourth-order valence-electron chi connectivity index (χ4n) is 2.30. The van der Waals surface area contributed by atoms with Crippen LogP contribution in [0.3, 0.4) is 0 Å². The summed E-state index contributed by atoms with van der Waals surface area (Å²) in [5.41, 5.74) is -0.0294. The average Bonchev–Trinajstić information content (AvgIpc) is 1.96. The zero-order valence-electron chi connectivity index (χ0n) is 8.92. The van der Waals surface area contributed by atoms with Crippen molar-refractivity contribution < 1.29 is 4.79 Å². The fourth-order valence-corrected chi connectivity index (χ4v) is 2.30. The maximum absolute atomic E-state index is 10.3. The minimum atomic E-state index is -0.0147. The second-order valence-corrected chi connectivity index (χ2v) is 4.98. The number of isocyanates is 1. The molecular formula is C10H18N2O. The minimum absolute atomic E-state index is 0.0147. The van der Waals surface area contributed by atoms with Gasteiger partial charge in [0, 0.05) is 0 Å². The maximum atomic E-state index is 10.3. The van der Waals surface area contributed by atoms with Gasteiger partial charge in [-0.15, -0.1) is 0 Å². The van der Waals surface area contributed by atoms with Crippen LogP contribution in [0.25, 0.3) is 0 Å². The molecule has 3 heteroatoms. The summed E-state index contributed by atoms with van der Waals surface area (Å²) in [4.78, 5) is 10.3. The molecule has 0 atom stereocenters. The van der Waals surface area contributed by atoms with Crippen molar-refractivity contribution in [2.45, 2.75) is 58.0 Å². The summed E-state index contributed by atoms with van der Waals surface area (Å²) >= 11 is 0. The first kappa shape index (κ1) is 10.3. The van der Waals surface area contributed by atoms with Crippen molar-refractivity contribution >= 4 is 6.08 Å². The second kappa shape index (κ2) is 3.15. The number of rotatable bonds is 1. The lowest BCUT2D eigenvalue weighted by atomic mass is 9.82. The van der Waals surface area contributed by atoms with Crippen molar-refractivity contribution in [3.05, 3.63) is 0 Å². The molecule has 0 aromatic heterocycles. The van der Waals surface area contributed by atoms with Crippen LogP contribution in [0.1, 0.15) is 47.0 Å².